The number of carbonyl (C=O) groups is 1. The van der Waals surface area contributed by atoms with E-state index in [-0.39, 0.29) is 23.5 Å². The van der Waals surface area contributed by atoms with E-state index in [1.807, 2.05) is 24.3 Å². The van der Waals surface area contributed by atoms with Gasteiger partial charge >= 0.3 is 0 Å². The van der Waals surface area contributed by atoms with Gasteiger partial charge in [0.1, 0.15) is 10.1 Å². The SMILES string of the molecule is COc1ccc(/C=C2\SC(=S)N(C3CCS(=O)(=O)C3)C2=O)cc1. The second-order valence-corrected chi connectivity index (χ2v) is 9.29. The summed E-state index contributed by atoms with van der Waals surface area (Å²) in [6.07, 6.45) is 2.22. The van der Waals surface area contributed by atoms with E-state index >= 15 is 0 Å². The molecular formula is C15H15NO4S3. The minimum Gasteiger partial charge on any atom is -0.497 e. The van der Waals surface area contributed by atoms with Gasteiger partial charge in [-0.05, 0) is 30.2 Å². The van der Waals surface area contributed by atoms with Crippen LogP contribution in [0.5, 0.6) is 5.75 Å². The molecule has 2 heterocycles. The molecule has 1 aromatic carbocycles. The van der Waals surface area contributed by atoms with E-state index in [1.54, 1.807) is 13.2 Å². The van der Waals surface area contributed by atoms with Crippen LogP contribution in [0.4, 0.5) is 0 Å². The van der Waals surface area contributed by atoms with Gasteiger partial charge in [-0.25, -0.2) is 8.42 Å². The molecule has 1 amide bonds. The first kappa shape index (κ1) is 16.5. The summed E-state index contributed by atoms with van der Waals surface area (Å²) >= 11 is 6.49. The number of amides is 1. The Bertz CT molecular complexity index is 783. The number of ether oxygens (including phenoxy) is 1. The molecule has 0 aliphatic carbocycles. The maximum atomic E-state index is 12.6. The summed E-state index contributed by atoms with van der Waals surface area (Å²) in [5.41, 5.74) is 0.866. The lowest BCUT2D eigenvalue weighted by Crippen LogP contribution is -2.39. The van der Waals surface area contributed by atoms with Crippen LogP contribution in [0.15, 0.2) is 29.2 Å². The van der Waals surface area contributed by atoms with E-state index in [0.717, 1.165) is 11.3 Å². The van der Waals surface area contributed by atoms with Gasteiger partial charge in [-0.15, -0.1) is 0 Å². The number of nitrogens with zero attached hydrogens (tertiary/aromatic N) is 1. The zero-order valence-electron chi connectivity index (χ0n) is 12.4. The lowest BCUT2D eigenvalue weighted by atomic mass is 10.2. The average molecular weight is 369 g/mol. The fourth-order valence-electron chi connectivity index (χ4n) is 2.63. The molecule has 2 fully saturated rings. The predicted molar refractivity (Wildman–Crippen MR) is 95.1 cm³/mol. The molecule has 1 atom stereocenters. The quantitative estimate of drug-likeness (QED) is 0.600. The van der Waals surface area contributed by atoms with E-state index < -0.39 is 9.84 Å². The zero-order chi connectivity index (χ0) is 16.6. The monoisotopic (exact) mass is 369 g/mol. The van der Waals surface area contributed by atoms with E-state index in [1.165, 1.54) is 16.7 Å². The number of hydrogen-bond acceptors (Lipinski definition) is 6. The van der Waals surface area contributed by atoms with Crippen molar-refractivity contribution in [3.63, 3.8) is 0 Å². The molecule has 0 bridgehead atoms. The van der Waals surface area contributed by atoms with E-state index in [9.17, 15) is 13.2 Å². The Morgan fingerprint density at radius 3 is 2.61 bits per heavy atom. The summed E-state index contributed by atoms with van der Waals surface area (Å²) in [5.74, 6) is 0.644. The van der Waals surface area contributed by atoms with E-state index in [4.69, 9.17) is 17.0 Å². The Morgan fingerprint density at radius 2 is 2.04 bits per heavy atom. The van der Waals surface area contributed by atoms with Gasteiger partial charge in [-0.1, -0.05) is 36.1 Å². The summed E-state index contributed by atoms with van der Waals surface area (Å²) < 4.78 is 28.8. The Morgan fingerprint density at radius 1 is 1.35 bits per heavy atom. The Balaban J connectivity index is 1.81. The summed E-state index contributed by atoms with van der Waals surface area (Å²) in [6, 6.07) is 7.00. The van der Waals surface area contributed by atoms with Crippen molar-refractivity contribution in [2.75, 3.05) is 18.6 Å². The van der Waals surface area contributed by atoms with Gasteiger partial charge in [-0.3, -0.25) is 9.69 Å². The number of thiocarbonyl (C=S) groups is 1. The molecule has 2 aliphatic rings. The van der Waals surface area contributed by atoms with Gasteiger partial charge in [0.25, 0.3) is 5.91 Å². The fraction of sp³-hybridized carbons (Fsp3) is 0.333. The lowest BCUT2D eigenvalue weighted by Gasteiger charge is -2.20. The third-order valence-corrected chi connectivity index (χ3v) is 6.89. The number of methoxy groups -OCH3 is 1. The second-order valence-electron chi connectivity index (χ2n) is 5.38. The van der Waals surface area contributed by atoms with Crippen molar-refractivity contribution in [2.45, 2.75) is 12.5 Å². The van der Waals surface area contributed by atoms with Crippen LogP contribution in [0.3, 0.4) is 0 Å². The van der Waals surface area contributed by atoms with Crippen LogP contribution in [-0.4, -0.2) is 48.2 Å². The number of benzene rings is 1. The normalized spacial score (nSPS) is 25.3. The molecule has 23 heavy (non-hydrogen) atoms. The first-order chi connectivity index (χ1) is 10.9. The highest BCUT2D eigenvalue weighted by Gasteiger charge is 2.42. The standard InChI is InChI=1S/C15H15NO4S3/c1-20-12-4-2-10(3-5-12)8-13-14(17)16(15(21)22-13)11-6-7-23(18,19)9-11/h2-5,8,11H,6-7,9H2,1H3/b13-8-. The predicted octanol–water partition coefficient (Wildman–Crippen LogP) is 2.08. The van der Waals surface area contributed by atoms with Crippen molar-refractivity contribution in [2.24, 2.45) is 0 Å². The van der Waals surface area contributed by atoms with Crippen LogP contribution < -0.4 is 4.74 Å². The van der Waals surface area contributed by atoms with Gasteiger partial charge < -0.3 is 4.74 Å². The van der Waals surface area contributed by atoms with E-state index in [2.05, 4.69) is 0 Å². The number of thioether (sulfide) groups is 1. The van der Waals surface area contributed by atoms with Crippen molar-refractivity contribution in [1.82, 2.24) is 4.90 Å². The fourth-order valence-corrected chi connectivity index (χ4v) is 5.73. The molecule has 3 rings (SSSR count). The summed E-state index contributed by atoms with van der Waals surface area (Å²) in [7, 11) is -1.47. The summed E-state index contributed by atoms with van der Waals surface area (Å²) in [4.78, 5) is 14.5. The average Bonchev–Trinajstić information content (AvgIpc) is 2.99. The highest BCUT2D eigenvalue weighted by atomic mass is 32.2. The second kappa shape index (κ2) is 6.26. The minimum atomic E-state index is -3.06. The molecule has 0 radical (unpaired) electrons. The Kier molecular flexibility index (Phi) is 4.48. The van der Waals surface area contributed by atoms with Gasteiger partial charge in [-0.2, -0.15) is 0 Å². The van der Waals surface area contributed by atoms with Crippen LogP contribution in [0.2, 0.25) is 0 Å². The van der Waals surface area contributed by atoms with Crippen LogP contribution in [0, 0.1) is 0 Å². The van der Waals surface area contributed by atoms with Gasteiger partial charge in [0.2, 0.25) is 0 Å². The molecule has 2 aliphatic heterocycles. The Labute approximate surface area is 144 Å². The third-order valence-electron chi connectivity index (χ3n) is 3.81. The summed E-state index contributed by atoms with van der Waals surface area (Å²) in [6.45, 7) is 0. The highest BCUT2D eigenvalue weighted by molar-refractivity contribution is 8.26. The first-order valence-electron chi connectivity index (χ1n) is 7.01. The number of hydrogen-bond donors (Lipinski definition) is 0. The van der Waals surface area contributed by atoms with Gasteiger partial charge in [0.15, 0.2) is 9.84 Å². The van der Waals surface area contributed by atoms with Crippen molar-refractivity contribution in [1.29, 1.82) is 0 Å². The molecule has 0 aromatic heterocycles. The molecule has 8 heteroatoms. The van der Waals surface area contributed by atoms with Crippen LogP contribution in [0.25, 0.3) is 6.08 Å². The molecule has 0 N–H and O–H groups in total. The maximum absolute atomic E-state index is 12.6. The van der Waals surface area contributed by atoms with Crippen LogP contribution in [0.1, 0.15) is 12.0 Å². The molecule has 2 saturated heterocycles. The van der Waals surface area contributed by atoms with Crippen molar-refractivity contribution >= 4 is 50.1 Å². The third kappa shape index (κ3) is 3.44. The highest BCUT2D eigenvalue weighted by Crippen LogP contribution is 2.36. The maximum Gasteiger partial charge on any atom is 0.266 e. The molecule has 0 saturated carbocycles. The molecule has 0 spiro atoms. The molecular weight excluding hydrogens is 354 g/mol. The van der Waals surface area contributed by atoms with Crippen molar-refractivity contribution in [3.8, 4) is 5.75 Å². The van der Waals surface area contributed by atoms with Crippen LogP contribution in [-0.2, 0) is 14.6 Å². The largest absolute Gasteiger partial charge is 0.497 e. The number of rotatable bonds is 3. The lowest BCUT2D eigenvalue weighted by molar-refractivity contribution is -0.123. The van der Waals surface area contributed by atoms with Gasteiger partial charge in [0.05, 0.1) is 29.6 Å². The molecule has 5 nitrogen and oxygen atoms in total. The topological polar surface area (TPSA) is 63.7 Å². The number of sulfone groups is 1. The smallest absolute Gasteiger partial charge is 0.266 e. The molecule has 1 aromatic rings. The van der Waals surface area contributed by atoms with Crippen LogP contribution >= 0.6 is 24.0 Å². The Hall–Kier alpha value is -1.38. The first-order valence-corrected chi connectivity index (χ1v) is 10.1. The minimum absolute atomic E-state index is 0.00471. The molecule has 1 unspecified atom stereocenters. The zero-order valence-corrected chi connectivity index (χ0v) is 14.8. The molecule has 122 valence electrons. The van der Waals surface area contributed by atoms with Crippen molar-refractivity contribution in [3.05, 3.63) is 34.7 Å². The van der Waals surface area contributed by atoms with Gasteiger partial charge in [0, 0.05) is 0 Å². The van der Waals surface area contributed by atoms with Crippen molar-refractivity contribution < 1.29 is 17.9 Å². The number of carbonyl (C=O) groups excluding carboxylic acids is 1. The van der Waals surface area contributed by atoms with E-state index in [0.29, 0.717) is 15.6 Å². The summed E-state index contributed by atoms with van der Waals surface area (Å²) in [5, 5.41) is 0.